The Morgan fingerprint density at radius 3 is 2.83 bits per heavy atom. The number of nitrogens with one attached hydrogen (secondary N) is 1. The zero-order valence-electron chi connectivity index (χ0n) is 15.5. The number of imidazole rings is 1. The summed E-state index contributed by atoms with van der Waals surface area (Å²) in [6, 6.07) is 11.0. The van der Waals surface area contributed by atoms with Crippen molar-refractivity contribution in [2.75, 3.05) is 13.2 Å². The van der Waals surface area contributed by atoms with Gasteiger partial charge in [-0.05, 0) is 25.1 Å². The number of rotatable bonds is 3. The molecule has 0 fully saturated rings. The predicted molar refractivity (Wildman–Crippen MR) is 105 cm³/mol. The van der Waals surface area contributed by atoms with E-state index in [0.717, 1.165) is 11.0 Å². The fourth-order valence-corrected chi connectivity index (χ4v) is 3.47. The van der Waals surface area contributed by atoms with Crippen LogP contribution in [-0.4, -0.2) is 38.8 Å². The number of fused-ring (bicyclic) bond motifs is 3. The van der Waals surface area contributed by atoms with Crippen LogP contribution in [0.3, 0.4) is 0 Å². The minimum absolute atomic E-state index is 0.00527. The van der Waals surface area contributed by atoms with Gasteiger partial charge in [0.05, 0.1) is 16.6 Å². The molecule has 0 bridgehead atoms. The van der Waals surface area contributed by atoms with Crippen LogP contribution in [0.15, 0.2) is 46.6 Å². The van der Waals surface area contributed by atoms with E-state index < -0.39 is 5.91 Å². The number of carbonyl (C=O) groups is 1. The first-order valence-corrected chi connectivity index (χ1v) is 9.11. The van der Waals surface area contributed by atoms with Gasteiger partial charge in [-0.15, -0.1) is 10.2 Å². The highest BCUT2D eigenvalue weighted by molar-refractivity contribution is 5.96. The number of hydrogen-bond acceptors (Lipinski definition) is 6. The molecule has 3 heterocycles. The summed E-state index contributed by atoms with van der Waals surface area (Å²) in [5.74, 6) is 1.23. The van der Waals surface area contributed by atoms with Crippen molar-refractivity contribution in [3.63, 3.8) is 0 Å². The number of amides is 1. The maximum Gasteiger partial charge on any atom is 0.284 e. The van der Waals surface area contributed by atoms with Crippen molar-refractivity contribution in [2.45, 2.75) is 13.5 Å². The number of ether oxygens (including phenoxy) is 2. The number of aromatic nitrogens is 3. The molecule has 4 aromatic rings. The van der Waals surface area contributed by atoms with E-state index in [1.807, 2.05) is 31.2 Å². The number of carbonyl (C=O) groups excluding carboxylic acids is 1. The lowest BCUT2D eigenvalue weighted by atomic mass is 10.2. The van der Waals surface area contributed by atoms with Crippen LogP contribution < -0.4 is 9.47 Å². The lowest BCUT2D eigenvalue weighted by Gasteiger charge is -2.17. The molecule has 146 valence electrons. The topological polar surface area (TPSA) is 114 Å². The van der Waals surface area contributed by atoms with Crippen LogP contribution in [0.2, 0.25) is 0 Å². The van der Waals surface area contributed by atoms with Crippen molar-refractivity contribution < 1.29 is 19.4 Å². The van der Waals surface area contributed by atoms with Crippen LogP contribution in [0.25, 0.3) is 21.9 Å². The van der Waals surface area contributed by atoms with Crippen molar-refractivity contribution in [3.8, 4) is 17.4 Å². The molecule has 9 heteroatoms. The SMILES string of the molecule is Cc1nc2ccccc2n1CC(=O)N=Nc1c(O)[nH]c2cc3c(cc12)OCCO3. The second kappa shape index (κ2) is 6.62. The minimum atomic E-state index is -0.456. The van der Waals surface area contributed by atoms with Gasteiger partial charge >= 0.3 is 0 Å². The molecule has 0 atom stereocenters. The first-order valence-electron chi connectivity index (χ1n) is 9.11. The van der Waals surface area contributed by atoms with Crippen LogP contribution in [0, 0.1) is 6.92 Å². The molecule has 1 aliphatic rings. The zero-order chi connectivity index (χ0) is 20.0. The van der Waals surface area contributed by atoms with Crippen molar-refractivity contribution in [1.29, 1.82) is 0 Å². The molecule has 0 saturated carbocycles. The average molecular weight is 391 g/mol. The molecule has 0 saturated heterocycles. The molecule has 9 nitrogen and oxygen atoms in total. The summed E-state index contributed by atoms with van der Waals surface area (Å²) < 4.78 is 12.9. The van der Waals surface area contributed by atoms with E-state index in [-0.39, 0.29) is 18.1 Å². The van der Waals surface area contributed by atoms with E-state index >= 15 is 0 Å². The standard InChI is InChI=1S/C20H17N5O4/c1-11-21-13-4-2-3-5-15(13)25(11)10-18(26)23-24-19-12-8-16-17(29-7-6-28-16)9-14(12)22-20(19)27/h2-5,8-9,22,27H,6-7,10H2,1H3. The number of aromatic amines is 1. The van der Waals surface area contributed by atoms with E-state index in [9.17, 15) is 9.90 Å². The third kappa shape index (κ3) is 2.96. The zero-order valence-corrected chi connectivity index (χ0v) is 15.5. The molecule has 5 rings (SSSR count). The smallest absolute Gasteiger partial charge is 0.284 e. The molecule has 1 aliphatic heterocycles. The van der Waals surface area contributed by atoms with Gasteiger partial charge in [-0.1, -0.05) is 12.1 Å². The van der Waals surface area contributed by atoms with Gasteiger partial charge in [0.15, 0.2) is 17.2 Å². The van der Waals surface area contributed by atoms with Gasteiger partial charge in [0.1, 0.15) is 25.6 Å². The molecule has 1 amide bonds. The first-order chi connectivity index (χ1) is 14.1. The molecule has 2 aromatic carbocycles. The third-order valence-electron chi connectivity index (χ3n) is 4.82. The van der Waals surface area contributed by atoms with Crippen molar-refractivity contribution in [1.82, 2.24) is 14.5 Å². The number of H-pyrrole nitrogens is 1. The highest BCUT2D eigenvalue weighted by atomic mass is 16.6. The summed E-state index contributed by atoms with van der Waals surface area (Å²) in [6.07, 6.45) is 0. The molecular formula is C20H17N5O4. The molecule has 2 N–H and O–H groups in total. The Labute approximate surface area is 164 Å². The van der Waals surface area contributed by atoms with Gasteiger partial charge in [-0.3, -0.25) is 4.79 Å². The van der Waals surface area contributed by atoms with E-state index in [1.54, 1.807) is 16.7 Å². The summed E-state index contributed by atoms with van der Waals surface area (Å²) in [5.41, 5.74) is 2.46. The summed E-state index contributed by atoms with van der Waals surface area (Å²) in [7, 11) is 0. The summed E-state index contributed by atoms with van der Waals surface area (Å²) >= 11 is 0. The highest BCUT2D eigenvalue weighted by Crippen LogP contribution is 2.42. The highest BCUT2D eigenvalue weighted by Gasteiger charge is 2.18. The van der Waals surface area contributed by atoms with Crippen molar-refractivity contribution in [3.05, 3.63) is 42.2 Å². The Morgan fingerprint density at radius 2 is 2.00 bits per heavy atom. The number of aromatic hydroxyl groups is 1. The number of para-hydroxylation sites is 2. The predicted octanol–water partition coefficient (Wildman–Crippen LogP) is 3.61. The van der Waals surface area contributed by atoms with E-state index in [0.29, 0.717) is 41.4 Å². The Balaban J connectivity index is 1.45. The fourth-order valence-electron chi connectivity index (χ4n) is 3.47. The maximum atomic E-state index is 12.4. The Morgan fingerprint density at radius 1 is 1.24 bits per heavy atom. The normalized spacial score (nSPS) is 13.6. The quantitative estimate of drug-likeness (QED) is 0.518. The Bertz CT molecular complexity index is 1290. The lowest BCUT2D eigenvalue weighted by Crippen LogP contribution is -2.15. The van der Waals surface area contributed by atoms with Crippen LogP contribution in [0.5, 0.6) is 17.4 Å². The second-order valence-electron chi connectivity index (χ2n) is 6.69. The molecule has 0 unspecified atom stereocenters. The Kier molecular flexibility index (Phi) is 3.94. The van der Waals surface area contributed by atoms with Gasteiger partial charge in [0, 0.05) is 11.5 Å². The molecule has 2 aromatic heterocycles. The van der Waals surface area contributed by atoms with Crippen LogP contribution in [0.4, 0.5) is 5.69 Å². The summed E-state index contributed by atoms with van der Waals surface area (Å²) in [5, 5.41) is 18.6. The Hall–Kier alpha value is -3.88. The van der Waals surface area contributed by atoms with E-state index in [1.165, 1.54) is 0 Å². The molecule has 29 heavy (non-hydrogen) atoms. The van der Waals surface area contributed by atoms with Crippen molar-refractivity contribution in [2.24, 2.45) is 10.2 Å². The first kappa shape index (κ1) is 17.2. The minimum Gasteiger partial charge on any atom is -0.493 e. The van der Waals surface area contributed by atoms with Gasteiger partial charge in [-0.2, -0.15) is 0 Å². The van der Waals surface area contributed by atoms with Gasteiger partial charge in [0.25, 0.3) is 5.91 Å². The number of hydrogen-bond donors (Lipinski definition) is 2. The monoisotopic (exact) mass is 391 g/mol. The average Bonchev–Trinajstić information content (AvgIpc) is 3.20. The summed E-state index contributed by atoms with van der Waals surface area (Å²) in [6.45, 7) is 2.75. The van der Waals surface area contributed by atoms with Gasteiger partial charge < -0.3 is 24.1 Å². The number of benzene rings is 2. The molecule has 0 spiro atoms. The fraction of sp³-hybridized carbons (Fsp3) is 0.200. The lowest BCUT2D eigenvalue weighted by molar-refractivity contribution is -0.118. The van der Waals surface area contributed by atoms with Gasteiger partial charge in [-0.25, -0.2) is 4.98 Å². The second-order valence-corrected chi connectivity index (χ2v) is 6.69. The number of aryl methyl sites for hydroxylation is 1. The molecule has 0 radical (unpaired) electrons. The summed E-state index contributed by atoms with van der Waals surface area (Å²) in [4.78, 5) is 19.7. The van der Waals surface area contributed by atoms with Gasteiger partial charge in [0.2, 0.25) is 5.88 Å². The number of azo groups is 1. The largest absolute Gasteiger partial charge is 0.493 e. The molecule has 0 aliphatic carbocycles. The molecular weight excluding hydrogens is 374 g/mol. The van der Waals surface area contributed by atoms with E-state index in [4.69, 9.17) is 9.47 Å². The van der Waals surface area contributed by atoms with Crippen LogP contribution in [0.1, 0.15) is 5.82 Å². The van der Waals surface area contributed by atoms with Crippen LogP contribution >= 0.6 is 0 Å². The van der Waals surface area contributed by atoms with E-state index in [2.05, 4.69) is 20.2 Å². The van der Waals surface area contributed by atoms with Crippen molar-refractivity contribution >= 4 is 33.5 Å². The third-order valence-corrected chi connectivity index (χ3v) is 4.82. The number of nitrogens with zero attached hydrogens (tertiary/aromatic N) is 4. The maximum absolute atomic E-state index is 12.4. The van der Waals surface area contributed by atoms with Crippen LogP contribution in [-0.2, 0) is 11.3 Å².